The predicted molar refractivity (Wildman–Crippen MR) is 129 cm³/mol. The molecule has 0 aliphatic carbocycles. The summed E-state index contributed by atoms with van der Waals surface area (Å²) in [7, 11) is -3.61. The molecule has 1 aliphatic rings. The minimum absolute atomic E-state index is 0.235. The van der Waals surface area contributed by atoms with Gasteiger partial charge in [0.25, 0.3) is 0 Å². The molecule has 5 rings (SSSR count). The molecule has 3 heterocycles. The first kappa shape index (κ1) is 22.5. The maximum absolute atomic E-state index is 13.3. The summed E-state index contributed by atoms with van der Waals surface area (Å²) in [5.74, 6) is -0.285. The van der Waals surface area contributed by atoms with E-state index in [4.69, 9.17) is 0 Å². The van der Waals surface area contributed by atoms with Crippen LogP contribution in [0.2, 0.25) is 0 Å². The zero-order chi connectivity index (χ0) is 23.9. The largest absolute Gasteiger partial charge is 0.271 e. The Morgan fingerprint density at radius 2 is 1.88 bits per heavy atom. The van der Waals surface area contributed by atoms with Gasteiger partial charge in [-0.1, -0.05) is 19.1 Å². The van der Waals surface area contributed by atoms with E-state index in [-0.39, 0.29) is 16.8 Å². The normalized spacial score (nSPS) is 17.3. The summed E-state index contributed by atoms with van der Waals surface area (Å²) >= 11 is 0. The van der Waals surface area contributed by atoms with Crippen molar-refractivity contribution in [2.45, 2.75) is 44.2 Å². The molecule has 0 amide bonds. The first-order chi connectivity index (χ1) is 16.4. The van der Waals surface area contributed by atoms with Crippen LogP contribution < -0.4 is 0 Å². The lowest BCUT2D eigenvalue weighted by Crippen LogP contribution is -2.40. The molecule has 1 aliphatic heterocycles. The van der Waals surface area contributed by atoms with E-state index in [0.29, 0.717) is 19.5 Å². The van der Waals surface area contributed by atoms with Gasteiger partial charge in [-0.2, -0.15) is 14.5 Å². The summed E-state index contributed by atoms with van der Waals surface area (Å²) in [6.07, 6.45) is 8.36. The van der Waals surface area contributed by atoms with Gasteiger partial charge in [-0.3, -0.25) is 4.68 Å². The standard InChI is InChI=1S/C25H26FN5O2S/c1-3-11-29-17-24(16-27-29)34(32,33)30-12-10-20(13-18(30)2)19-4-9-25-21(14-19)15-28-31(25)23-7-5-22(26)6-8-23/h4-9,13-18H,3,10-12H2,1-2H3/t18-/m1/s1. The fourth-order valence-electron chi connectivity index (χ4n) is 4.46. The lowest BCUT2D eigenvalue weighted by Gasteiger charge is -2.31. The Labute approximate surface area is 198 Å². The number of sulfonamides is 1. The second kappa shape index (κ2) is 8.81. The third kappa shape index (κ3) is 4.05. The van der Waals surface area contributed by atoms with Crippen LogP contribution in [0.3, 0.4) is 0 Å². The molecule has 7 nitrogen and oxygen atoms in total. The van der Waals surface area contributed by atoms with E-state index in [0.717, 1.165) is 34.1 Å². The number of nitrogens with zero attached hydrogens (tertiary/aromatic N) is 5. The fourth-order valence-corrected chi connectivity index (χ4v) is 5.99. The second-order valence-corrected chi connectivity index (χ2v) is 10.4. The molecule has 0 bridgehead atoms. The second-order valence-electron chi connectivity index (χ2n) is 8.54. The van der Waals surface area contributed by atoms with E-state index in [9.17, 15) is 12.8 Å². The van der Waals surface area contributed by atoms with Crippen LogP contribution in [0.4, 0.5) is 4.39 Å². The summed E-state index contributed by atoms with van der Waals surface area (Å²) in [6.45, 7) is 5.02. The quantitative estimate of drug-likeness (QED) is 0.404. The van der Waals surface area contributed by atoms with Gasteiger partial charge < -0.3 is 0 Å². The van der Waals surface area contributed by atoms with Crippen molar-refractivity contribution in [3.63, 3.8) is 0 Å². The van der Waals surface area contributed by atoms with Crippen molar-refractivity contribution in [3.8, 4) is 5.69 Å². The molecule has 0 unspecified atom stereocenters. The molecule has 9 heteroatoms. The van der Waals surface area contributed by atoms with Gasteiger partial charge in [-0.25, -0.2) is 17.5 Å². The van der Waals surface area contributed by atoms with Crippen molar-refractivity contribution in [2.75, 3.05) is 6.54 Å². The monoisotopic (exact) mass is 479 g/mol. The number of halogens is 1. The molecular formula is C25H26FN5O2S. The number of hydrogen-bond donors (Lipinski definition) is 0. The maximum Gasteiger partial charge on any atom is 0.246 e. The Morgan fingerprint density at radius 1 is 1.09 bits per heavy atom. The van der Waals surface area contributed by atoms with Crippen molar-refractivity contribution < 1.29 is 12.8 Å². The molecule has 1 atom stereocenters. The molecular weight excluding hydrogens is 453 g/mol. The average Bonchev–Trinajstić information content (AvgIpc) is 3.47. The fraction of sp³-hybridized carbons (Fsp3) is 0.280. The van der Waals surface area contributed by atoms with Crippen LogP contribution in [0.1, 0.15) is 32.3 Å². The predicted octanol–water partition coefficient (Wildman–Crippen LogP) is 4.64. The SMILES string of the molecule is CCCn1cc(S(=O)(=O)N2CCC(c3ccc4c(cnn4-c4ccc(F)cc4)c3)=C[C@H]2C)cn1. The Balaban J connectivity index is 1.40. The Hall–Kier alpha value is -3.30. The van der Waals surface area contributed by atoms with Crippen LogP contribution in [-0.4, -0.2) is 44.9 Å². The first-order valence-electron chi connectivity index (χ1n) is 11.4. The molecule has 4 aromatic rings. The van der Waals surface area contributed by atoms with E-state index in [1.54, 1.807) is 33.9 Å². The Morgan fingerprint density at radius 3 is 2.62 bits per heavy atom. The first-order valence-corrected chi connectivity index (χ1v) is 12.8. The molecule has 0 saturated carbocycles. The minimum atomic E-state index is -3.61. The minimum Gasteiger partial charge on any atom is -0.271 e. The van der Waals surface area contributed by atoms with Gasteiger partial charge in [0.05, 0.1) is 23.6 Å². The highest BCUT2D eigenvalue weighted by Gasteiger charge is 2.32. The maximum atomic E-state index is 13.3. The molecule has 176 valence electrons. The van der Waals surface area contributed by atoms with Gasteiger partial charge in [0, 0.05) is 30.7 Å². The summed E-state index contributed by atoms with van der Waals surface area (Å²) in [4.78, 5) is 0.235. The van der Waals surface area contributed by atoms with Crippen molar-refractivity contribution in [3.05, 3.63) is 78.5 Å². The van der Waals surface area contributed by atoms with Crippen molar-refractivity contribution in [1.82, 2.24) is 23.9 Å². The highest BCUT2D eigenvalue weighted by Crippen LogP contribution is 2.31. The van der Waals surface area contributed by atoms with E-state index in [2.05, 4.69) is 16.3 Å². The Kier molecular flexibility index (Phi) is 5.83. The van der Waals surface area contributed by atoms with Gasteiger partial charge in [0.2, 0.25) is 10.0 Å². The highest BCUT2D eigenvalue weighted by atomic mass is 32.2. The highest BCUT2D eigenvalue weighted by molar-refractivity contribution is 7.89. The van der Waals surface area contributed by atoms with Gasteiger partial charge in [0.15, 0.2) is 0 Å². The molecule has 0 N–H and O–H groups in total. The summed E-state index contributed by atoms with van der Waals surface area (Å²) in [5.41, 5.74) is 3.87. The Bertz CT molecular complexity index is 1470. The molecule has 2 aromatic carbocycles. The molecule has 0 spiro atoms. The third-order valence-electron chi connectivity index (χ3n) is 6.18. The zero-order valence-corrected chi connectivity index (χ0v) is 19.9. The number of aromatic nitrogens is 4. The van der Waals surface area contributed by atoms with E-state index in [1.165, 1.54) is 22.6 Å². The zero-order valence-electron chi connectivity index (χ0n) is 19.1. The summed E-state index contributed by atoms with van der Waals surface area (Å²) < 4.78 is 44.7. The van der Waals surface area contributed by atoms with E-state index >= 15 is 0 Å². The van der Waals surface area contributed by atoms with Gasteiger partial charge >= 0.3 is 0 Å². The number of benzene rings is 2. The summed E-state index contributed by atoms with van der Waals surface area (Å²) in [6, 6.07) is 12.0. The molecule has 0 saturated heterocycles. The lowest BCUT2D eigenvalue weighted by molar-refractivity contribution is 0.374. The molecule has 34 heavy (non-hydrogen) atoms. The van der Waals surface area contributed by atoms with Crippen LogP contribution >= 0.6 is 0 Å². The topological polar surface area (TPSA) is 73.0 Å². The van der Waals surface area contributed by atoms with Crippen LogP contribution in [0.15, 0.2) is 72.0 Å². The smallest absolute Gasteiger partial charge is 0.246 e. The van der Waals surface area contributed by atoms with Crippen LogP contribution in [-0.2, 0) is 16.6 Å². The van der Waals surface area contributed by atoms with Gasteiger partial charge in [-0.05, 0) is 67.3 Å². The molecule has 0 radical (unpaired) electrons. The van der Waals surface area contributed by atoms with Crippen molar-refractivity contribution in [1.29, 1.82) is 0 Å². The van der Waals surface area contributed by atoms with Gasteiger partial charge in [-0.15, -0.1) is 0 Å². The molecule has 0 fully saturated rings. The number of hydrogen-bond acceptors (Lipinski definition) is 4. The average molecular weight is 480 g/mol. The van der Waals surface area contributed by atoms with Crippen molar-refractivity contribution in [2.24, 2.45) is 0 Å². The molecule has 2 aromatic heterocycles. The number of aryl methyl sites for hydroxylation is 1. The number of rotatable bonds is 6. The van der Waals surface area contributed by atoms with Crippen LogP contribution in [0, 0.1) is 5.82 Å². The van der Waals surface area contributed by atoms with E-state index < -0.39 is 10.0 Å². The van der Waals surface area contributed by atoms with Crippen LogP contribution in [0.25, 0.3) is 22.2 Å². The van der Waals surface area contributed by atoms with E-state index in [1.807, 2.05) is 32.1 Å². The lowest BCUT2D eigenvalue weighted by atomic mass is 9.97. The number of fused-ring (bicyclic) bond motifs is 1. The van der Waals surface area contributed by atoms with Gasteiger partial charge in [0.1, 0.15) is 10.7 Å². The third-order valence-corrected chi connectivity index (χ3v) is 8.12. The van der Waals surface area contributed by atoms with Crippen LogP contribution in [0.5, 0.6) is 0 Å². The van der Waals surface area contributed by atoms with Crippen molar-refractivity contribution >= 4 is 26.5 Å². The summed E-state index contributed by atoms with van der Waals surface area (Å²) in [5, 5.41) is 9.62.